The lowest BCUT2D eigenvalue weighted by Gasteiger charge is -2.09. The van der Waals surface area contributed by atoms with Gasteiger partial charge in [-0.2, -0.15) is 5.10 Å². The van der Waals surface area contributed by atoms with Crippen molar-refractivity contribution in [3.05, 3.63) is 63.1 Å². The molecule has 5 heteroatoms. The van der Waals surface area contributed by atoms with Crippen molar-refractivity contribution < 1.29 is 0 Å². The van der Waals surface area contributed by atoms with Crippen LogP contribution in [0.15, 0.2) is 36.4 Å². The predicted octanol–water partition coefficient (Wildman–Crippen LogP) is 6.83. The summed E-state index contributed by atoms with van der Waals surface area (Å²) in [7, 11) is 0. The fourth-order valence-corrected chi connectivity index (χ4v) is 3.95. The average molecular weight is 376 g/mol. The van der Waals surface area contributed by atoms with Gasteiger partial charge in [-0.05, 0) is 49.8 Å². The van der Waals surface area contributed by atoms with Gasteiger partial charge in [0.05, 0.1) is 21.3 Å². The van der Waals surface area contributed by atoms with Crippen LogP contribution in [0.1, 0.15) is 30.2 Å². The number of aromatic nitrogens is 2. The molecule has 0 atom stereocenters. The molecule has 2 aromatic heterocycles. The summed E-state index contributed by atoms with van der Waals surface area (Å²) >= 11 is 14.1. The first-order chi connectivity index (χ1) is 11.6. The summed E-state index contributed by atoms with van der Waals surface area (Å²) in [5.41, 5.74) is 2.81. The number of hydrogen-bond donors (Lipinski definition) is 0. The molecule has 123 valence electrons. The summed E-state index contributed by atoms with van der Waals surface area (Å²) in [6, 6.07) is 9.68. The number of unbranched alkanes of at least 4 members (excludes halogenated alkanes) is 1. The summed E-state index contributed by atoms with van der Waals surface area (Å²) in [4.78, 5) is 2.37. The Hall–Kier alpha value is -1.55. The van der Waals surface area contributed by atoms with Gasteiger partial charge in [-0.25, -0.2) is 4.68 Å². The monoisotopic (exact) mass is 375 g/mol. The molecule has 1 radical (unpaired) electrons. The molecule has 0 amide bonds. The molecule has 3 aromatic rings. The first-order valence-electron chi connectivity index (χ1n) is 7.79. The number of benzene rings is 1. The number of rotatable bonds is 5. The highest BCUT2D eigenvalue weighted by Crippen LogP contribution is 2.34. The average Bonchev–Trinajstić information content (AvgIpc) is 3.14. The van der Waals surface area contributed by atoms with Gasteiger partial charge in [-0.1, -0.05) is 42.6 Å². The number of halogens is 2. The lowest BCUT2D eigenvalue weighted by molar-refractivity contribution is 0.886. The Labute approximate surface area is 156 Å². The third-order valence-electron chi connectivity index (χ3n) is 3.62. The Morgan fingerprint density at radius 3 is 2.83 bits per heavy atom. The molecule has 0 aliphatic rings. The first-order valence-corrected chi connectivity index (χ1v) is 9.37. The predicted molar refractivity (Wildman–Crippen MR) is 104 cm³/mol. The van der Waals surface area contributed by atoms with E-state index in [1.165, 1.54) is 4.88 Å². The zero-order chi connectivity index (χ0) is 17.1. The van der Waals surface area contributed by atoms with Crippen molar-refractivity contribution in [3.8, 4) is 16.3 Å². The molecule has 0 bridgehead atoms. The highest BCUT2D eigenvalue weighted by Gasteiger charge is 2.16. The SMILES string of the molecule is CCCC=Cc1ccc(-c2c(C)[c]nn2-c2ccc(Cl)cc2Cl)s1. The van der Waals surface area contributed by atoms with Gasteiger partial charge in [-0.3, -0.25) is 0 Å². The van der Waals surface area contributed by atoms with Gasteiger partial charge in [0, 0.05) is 15.5 Å². The second kappa shape index (κ2) is 7.56. The van der Waals surface area contributed by atoms with E-state index in [1.807, 2.05) is 23.7 Å². The Kier molecular flexibility index (Phi) is 5.44. The van der Waals surface area contributed by atoms with E-state index in [9.17, 15) is 0 Å². The molecule has 2 heterocycles. The lowest BCUT2D eigenvalue weighted by Crippen LogP contribution is -1.99. The lowest BCUT2D eigenvalue weighted by atomic mass is 10.2. The fourth-order valence-electron chi connectivity index (χ4n) is 2.44. The van der Waals surface area contributed by atoms with Crippen LogP contribution in [0.3, 0.4) is 0 Å². The molecule has 0 saturated heterocycles. The standard InChI is InChI=1S/C19H17Cl2N2S/c1-3-4-5-6-15-8-10-18(24-15)19-13(2)12-22-23(19)17-9-7-14(20)11-16(17)21/h5-11H,3-4H2,1-2H3. The van der Waals surface area contributed by atoms with Crippen LogP contribution in [0, 0.1) is 13.1 Å². The third-order valence-corrected chi connectivity index (χ3v) is 5.22. The van der Waals surface area contributed by atoms with E-state index in [-0.39, 0.29) is 0 Å². The van der Waals surface area contributed by atoms with Crippen LogP contribution >= 0.6 is 34.5 Å². The maximum atomic E-state index is 6.36. The van der Waals surface area contributed by atoms with Crippen molar-refractivity contribution in [1.82, 2.24) is 9.78 Å². The smallest absolute Gasteiger partial charge is 0.117 e. The minimum atomic E-state index is 0.569. The molecule has 3 rings (SSSR count). The summed E-state index contributed by atoms with van der Waals surface area (Å²) < 4.78 is 1.83. The summed E-state index contributed by atoms with van der Waals surface area (Å²) in [5, 5.41) is 5.57. The molecule has 0 aliphatic carbocycles. The van der Waals surface area contributed by atoms with Crippen molar-refractivity contribution in [2.24, 2.45) is 0 Å². The number of nitrogens with zero attached hydrogens (tertiary/aromatic N) is 2. The summed E-state index contributed by atoms with van der Waals surface area (Å²) in [6.07, 6.45) is 9.68. The van der Waals surface area contributed by atoms with Gasteiger partial charge in [0.15, 0.2) is 0 Å². The maximum Gasteiger partial charge on any atom is 0.117 e. The normalized spacial score (nSPS) is 11.5. The van der Waals surface area contributed by atoms with Crippen LogP contribution in [0.25, 0.3) is 22.3 Å². The van der Waals surface area contributed by atoms with Gasteiger partial charge < -0.3 is 0 Å². The van der Waals surface area contributed by atoms with E-state index in [0.717, 1.165) is 34.7 Å². The van der Waals surface area contributed by atoms with Crippen LogP contribution in [-0.4, -0.2) is 9.78 Å². The van der Waals surface area contributed by atoms with Crippen LogP contribution in [0.4, 0.5) is 0 Å². The van der Waals surface area contributed by atoms with Crippen LogP contribution < -0.4 is 0 Å². The van der Waals surface area contributed by atoms with Gasteiger partial charge in [-0.15, -0.1) is 11.3 Å². The van der Waals surface area contributed by atoms with Crippen LogP contribution in [-0.2, 0) is 0 Å². The molecule has 0 N–H and O–H groups in total. The van der Waals surface area contributed by atoms with Crippen molar-refractivity contribution >= 4 is 40.6 Å². The second-order valence-electron chi connectivity index (χ2n) is 5.49. The highest BCUT2D eigenvalue weighted by molar-refractivity contribution is 7.16. The number of thiophene rings is 1. The van der Waals surface area contributed by atoms with E-state index in [0.29, 0.717) is 10.0 Å². The molecule has 1 aromatic carbocycles. The first kappa shape index (κ1) is 17.3. The number of hydrogen-bond acceptors (Lipinski definition) is 2. The van der Waals surface area contributed by atoms with E-state index >= 15 is 0 Å². The second-order valence-corrected chi connectivity index (χ2v) is 7.44. The van der Waals surface area contributed by atoms with Gasteiger partial charge in [0.1, 0.15) is 6.20 Å². The minimum Gasteiger partial charge on any atom is -0.230 e. The largest absolute Gasteiger partial charge is 0.230 e. The summed E-state index contributed by atoms with van der Waals surface area (Å²) in [6.45, 7) is 4.19. The van der Waals surface area contributed by atoms with E-state index in [1.54, 1.807) is 17.4 Å². The third kappa shape index (κ3) is 3.59. The molecule has 0 fully saturated rings. The van der Waals surface area contributed by atoms with Crippen molar-refractivity contribution in [2.75, 3.05) is 0 Å². The van der Waals surface area contributed by atoms with Crippen LogP contribution in [0.2, 0.25) is 10.0 Å². The zero-order valence-corrected chi connectivity index (χ0v) is 15.8. The van der Waals surface area contributed by atoms with Gasteiger partial charge >= 0.3 is 0 Å². The Morgan fingerprint density at radius 2 is 2.08 bits per heavy atom. The molecule has 0 saturated carbocycles. The van der Waals surface area contributed by atoms with E-state index < -0.39 is 0 Å². The van der Waals surface area contributed by atoms with Crippen LogP contribution in [0.5, 0.6) is 0 Å². The van der Waals surface area contributed by atoms with Gasteiger partial charge in [0.2, 0.25) is 0 Å². The molecule has 24 heavy (non-hydrogen) atoms. The van der Waals surface area contributed by atoms with Crippen molar-refractivity contribution in [2.45, 2.75) is 26.7 Å². The number of aryl methyl sites for hydroxylation is 1. The fraction of sp³-hybridized carbons (Fsp3) is 0.211. The molecule has 0 aliphatic heterocycles. The number of allylic oxidation sites excluding steroid dienone is 1. The van der Waals surface area contributed by atoms with Crippen molar-refractivity contribution in [3.63, 3.8) is 0 Å². The van der Waals surface area contributed by atoms with Gasteiger partial charge in [0.25, 0.3) is 0 Å². The Bertz CT molecular complexity index is 877. The zero-order valence-electron chi connectivity index (χ0n) is 13.5. The molecule has 0 spiro atoms. The summed E-state index contributed by atoms with van der Waals surface area (Å²) in [5.74, 6) is 0. The quantitative estimate of drug-likeness (QED) is 0.477. The maximum absolute atomic E-state index is 6.36. The topological polar surface area (TPSA) is 17.8 Å². The molecule has 0 unspecified atom stereocenters. The van der Waals surface area contributed by atoms with E-state index in [4.69, 9.17) is 23.2 Å². The minimum absolute atomic E-state index is 0.569. The highest BCUT2D eigenvalue weighted by atomic mass is 35.5. The Balaban J connectivity index is 2.02. The van der Waals surface area contributed by atoms with E-state index in [2.05, 4.69) is 42.5 Å². The molecular weight excluding hydrogens is 359 g/mol. The molecule has 2 nitrogen and oxygen atoms in total. The van der Waals surface area contributed by atoms with Crippen molar-refractivity contribution in [1.29, 1.82) is 0 Å². The molecular formula is C19H17Cl2N2S. The Morgan fingerprint density at radius 1 is 1.25 bits per heavy atom.